The van der Waals surface area contributed by atoms with Crippen molar-refractivity contribution in [2.45, 2.75) is 5.03 Å². The summed E-state index contributed by atoms with van der Waals surface area (Å²) in [6.07, 6.45) is 3.53. The number of hydrogen-bond acceptors (Lipinski definition) is 4. The van der Waals surface area contributed by atoms with Crippen molar-refractivity contribution in [3.8, 4) is 5.75 Å². The molecule has 0 aliphatic heterocycles. The second-order valence-corrected chi connectivity index (χ2v) is 5.67. The van der Waals surface area contributed by atoms with Crippen LogP contribution in [0.4, 0.5) is 5.69 Å². The zero-order valence-electron chi connectivity index (χ0n) is 11.1. The molecule has 1 N–H and O–H groups in total. The Morgan fingerprint density at radius 1 is 1.33 bits per heavy atom. The standard InChI is InChI=1S/C14H12Cl2N2O2S/c1-21-14-5-3-10(7-17-14)18-13(19)8-20-12-4-2-9(15)6-11(12)16/h2-7H,8H2,1H3,(H,18,19). The number of nitrogens with one attached hydrogen (secondary N) is 1. The number of ether oxygens (including phenoxy) is 1. The van der Waals surface area contributed by atoms with Crippen molar-refractivity contribution < 1.29 is 9.53 Å². The van der Waals surface area contributed by atoms with E-state index in [9.17, 15) is 4.79 Å². The quantitative estimate of drug-likeness (QED) is 0.830. The summed E-state index contributed by atoms with van der Waals surface area (Å²) in [5.74, 6) is 0.117. The van der Waals surface area contributed by atoms with Gasteiger partial charge < -0.3 is 10.1 Å². The van der Waals surface area contributed by atoms with Crippen molar-refractivity contribution in [3.05, 3.63) is 46.6 Å². The van der Waals surface area contributed by atoms with Gasteiger partial charge in [-0.2, -0.15) is 0 Å². The van der Waals surface area contributed by atoms with E-state index in [1.165, 1.54) is 11.8 Å². The minimum absolute atomic E-state index is 0.147. The summed E-state index contributed by atoms with van der Waals surface area (Å²) < 4.78 is 5.34. The van der Waals surface area contributed by atoms with Gasteiger partial charge in [0.25, 0.3) is 5.91 Å². The van der Waals surface area contributed by atoms with E-state index in [-0.39, 0.29) is 12.5 Å². The monoisotopic (exact) mass is 342 g/mol. The predicted molar refractivity (Wildman–Crippen MR) is 86.6 cm³/mol. The zero-order chi connectivity index (χ0) is 15.2. The Kier molecular flexibility index (Phi) is 5.73. The van der Waals surface area contributed by atoms with Crippen molar-refractivity contribution in [1.82, 2.24) is 4.98 Å². The molecule has 7 heteroatoms. The van der Waals surface area contributed by atoms with E-state index in [4.69, 9.17) is 27.9 Å². The van der Waals surface area contributed by atoms with Crippen molar-refractivity contribution in [3.63, 3.8) is 0 Å². The highest BCUT2D eigenvalue weighted by atomic mass is 35.5. The van der Waals surface area contributed by atoms with E-state index in [1.54, 1.807) is 30.5 Å². The fourth-order valence-electron chi connectivity index (χ4n) is 1.51. The number of halogens is 2. The highest BCUT2D eigenvalue weighted by Gasteiger charge is 2.07. The first-order valence-electron chi connectivity index (χ1n) is 5.96. The molecule has 0 unspecified atom stereocenters. The van der Waals surface area contributed by atoms with Crippen LogP contribution in [-0.4, -0.2) is 23.8 Å². The maximum Gasteiger partial charge on any atom is 0.262 e. The molecule has 21 heavy (non-hydrogen) atoms. The summed E-state index contributed by atoms with van der Waals surface area (Å²) in [4.78, 5) is 15.9. The van der Waals surface area contributed by atoms with E-state index in [0.717, 1.165) is 5.03 Å². The Labute approximate surface area is 136 Å². The van der Waals surface area contributed by atoms with Crippen LogP contribution in [0.5, 0.6) is 5.75 Å². The van der Waals surface area contributed by atoms with Gasteiger partial charge in [0.1, 0.15) is 5.75 Å². The molecular weight excluding hydrogens is 331 g/mol. The minimum atomic E-state index is -0.292. The number of nitrogens with zero attached hydrogens (tertiary/aromatic N) is 1. The van der Waals surface area contributed by atoms with Gasteiger partial charge in [0, 0.05) is 5.02 Å². The van der Waals surface area contributed by atoms with Gasteiger partial charge in [-0.1, -0.05) is 23.2 Å². The summed E-state index contributed by atoms with van der Waals surface area (Å²) in [5, 5.41) is 4.45. The molecule has 110 valence electrons. The lowest BCUT2D eigenvalue weighted by atomic mass is 10.3. The molecule has 0 radical (unpaired) electrons. The molecule has 0 aliphatic carbocycles. The largest absolute Gasteiger partial charge is 0.482 e. The van der Waals surface area contributed by atoms with Gasteiger partial charge in [0.2, 0.25) is 0 Å². The lowest BCUT2D eigenvalue weighted by Crippen LogP contribution is -2.20. The van der Waals surface area contributed by atoms with Gasteiger partial charge in [-0.25, -0.2) is 4.98 Å². The summed E-state index contributed by atoms with van der Waals surface area (Å²) in [6, 6.07) is 8.43. The number of amides is 1. The highest BCUT2D eigenvalue weighted by molar-refractivity contribution is 7.98. The molecule has 1 heterocycles. The van der Waals surface area contributed by atoms with Crippen LogP contribution in [0.2, 0.25) is 10.0 Å². The fraction of sp³-hybridized carbons (Fsp3) is 0.143. The maximum absolute atomic E-state index is 11.8. The second-order valence-electron chi connectivity index (χ2n) is 4.00. The molecule has 2 aromatic rings. The lowest BCUT2D eigenvalue weighted by Gasteiger charge is -2.09. The summed E-state index contributed by atoms with van der Waals surface area (Å²) in [6.45, 7) is -0.147. The van der Waals surface area contributed by atoms with Crippen LogP contribution >= 0.6 is 35.0 Å². The van der Waals surface area contributed by atoms with Crippen LogP contribution in [0.25, 0.3) is 0 Å². The van der Waals surface area contributed by atoms with E-state index in [2.05, 4.69) is 10.3 Å². The SMILES string of the molecule is CSc1ccc(NC(=O)COc2ccc(Cl)cc2Cl)cn1. The molecule has 0 aliphatic rings. The van der Waals surface area contributed by atoms with E-state index in [1.807, 2.05) is 12.3 Å². The van der Waals surface area contributed by atoms with Crippen molar-refractivity contribution >= 4 is 46.6 Å². The Bertz CT molecular complexity index is 635. The third-order valence-electron chi connectivity index (χ3n) is 2.48. The first kappa shape index (κ1) is 15.9. The van der Waals surface area contributed by atoms with Crippen LogP contribution in [0.3, 0.4) is 0 Å². The molecule has 0 saturated heterocycles. The van der Waals surface area contributed by atoms with Crippen molar-refractivity contribution in [1.29, 1.82) is 0 Å². The van der Waals surface area contributed by atoms with Crippen LogP contribution in [0.15, 0.2) is 41.6 Å². The maximum atomic E-state index is 11.8. The van der Waals surface area contributed by atoms with Gasteiger partial charge in [0.05, 0.1) is 21.9 Å². The Hall–Kier alpha value is -1.43. The van der Waals surface area contributed by atoms with Gasteiger partial charge >= 0.3 is 0 Å². The molecule has 0 bridgehead atoms. The van der Waals surface area contributed by atoms with Gasteiger partial charge in [-0.05, 0) is 36.6 Å². The Morgan fingerprint density at radius 3 is 2.76 bits per heavy atom. The van der Waals surface area contributed by atoms with Crippen LogP contribution in [-0.2, 0) is 4.79 Å². The van der Waals surface area contributed by atoms with Crippen molar-refractivity contribution in [2.75, 3.05) is 18.2 Å². The Morgan fingerprint density at radius 2 is 2.14 bits per heavy atom. The zero-order valence-corrected chi connectivity index (χ0v) is 13.4. The number of hydrogen-bond donors (Lipinski definition) is 1. The molecule has 0 atom stereocenters. The third-order valence-corrected chi connectivity index (χ3v) is 3.67. The number of anilines is 1. The number of benzene rings is 1. The van der Waals surface area contributed by atoms with Crippen LogP contribution in [0, 0.1) is 0 Å². The molecule has 0 saturated carbocycles. The van der Waals surface area contributed by atoms with Gasteiger partial charge in [-0.15, -0.1) is 11.8 Å². The number of carbonyl (C=O) groups is 1. The smallest absolute Gasteiger partial charge is 0.262 e. The third kappa shape index (κ3) is 4.81. The Balaban J connectivity index is 1.89. The number of thioether (sulfide) groups is 1. The molecule has 4 nitrogen and oxygen atoms in total. The number of carbonyl (C=O) groups excluding carboxylic acids is 1. The van der Waals surface area contributed by atoms with Gasteiger partial charge in [-0.3, -0.25) is 4.79 Å². The normalized spacial score (nSPS) is 10.2. The van der Waals surface area contributed by atoms with E-state index < -0.39 is 0 Å². The van der Waals surface area contributed by atoms with Gasteiger partial charge in [0.15, 0.2) is 6.61 Å². The fourth-order valence-corrected chi connectivity index (χ4v) is 2.33. The topological polar surface area (TPSA) is 51.2 Å². The summed E-state index contributed by atoms with van der Waals surface area (Å²) in [7, 11) is 0. The van der Waals surface area contributed by atoms with E-state index >= 15 is 0 Å². The summed E-state index contributed by atoms with van der Waals surface area (Å²) >= 11 is 13.3. The van der Waals surface area contributed by atoms with Crippen molar-refractivity contribution in [2.24, 2.45) is 0 Å². The molecule has 2 rings (SSSR count). The minimum Gasteiger partial charge on any atom is -0.482 e. The number of rotatable bonds is 5. The van der Waals surface area contributed by atoms with E-state index in [0.29, 0.717) is 21.5 Å². The molecular formula is C14H12Cl2N2O2S. The number of pyridine rings is 1. The second kappa shape index (κ2) is 7.54. The average Bonchev–Trinajstić information content (AvgIpc) is 2.47. The molecule has 1 amide bonds. The molecule has 0 fully saturated rings. The predicted octanol–water partition coefficient (Wildman–Crippen LogP) is 4.13. The highest BCUT2D eigenvalue weighted by Crippen LogP contribution is 2.27. The summed E-state index contributed by atoms with van der Waals surface area (Å²) in [5.41, 5.74) is 0.614. The molecule has 0 spiro atoms. The first-order chi connectivity index (χ1) is 10.1. The van der Waals surface area contributed by atoms with Crippen LogP contribution in [0.1, 0.15) is 0 Å². The molecule has 1 aromatic heterocycles. The first-order valence-corrected chi connectivity index (χ1v) is 7.94. The average molecular weight is 343 g/mol. The lowest BCUT2D eigenvalue weighted by molar-refractivity contribution is -0.118. The number of aromatic nitrogens is 1. The van der Waals surface area contributed by atoms with Crippen LogP contribution < -0.4 is 10.1 Å². The molecule has 1 aromatic carbocycles.